The molecule has 4 rings (SSSR count). The molecule has 1 unspecified atom stereocenters. The number of hydrogen-bond donors (Lipinski definition) is 1. The Kier molecular flexibility index (Phi) is 3.33. The maximum Gasteiger partial charge on any atom is 0.129 e. The van der Waals surface area contributed by atoms with Gasteiger partial charge in [-0.2, -0.15) is 0 Å². The molecule has 116 valence electrons. The number of anilines is 1. The molecule has 3 nitrogen and oxygen atoms in total. The number of benzene rings is 1. The number of nitrogens with zero attached hydrogens (tertiary/aromatic N) is 2. The van der Waals surface area contributed by atoms with Crippen LogP contribution in [-0.2, 0) is 6.42 Å². The summed E-state index contributed by atoms with van der Waals surface area (Å²) in [7, 11) is 0. The molecule has 1 aromatic heterocycles. The van der Waals surface area contributed by atoms with Crippen molar-refractivity contribution < 1.29 is 5.11 Å². The van der Waals surface area contributed by atoms with Gasteiger partial charge in [0.1, 0.15) is 5.82 Å². The highest BCUT2D eigenvalue weighted by atomic mass is 16.3. The summed E-state index contributed by atoms with van der Waals surface area (Å²) >= 11 is 0. The fourth-order valence-corrected chi connectivity index (χ4v) is 4.26. The van der Waals surface area contributed by atoms with Gasteiger partial charge in [-0.1, -0.05) is 13.0 Å². The van der Waals surface area contributed by atoms with Crippen LogP contribution in [0.1, 0.15) is 30.9 Å². The quantitative estimate of drug-likeness (QED) is 0.923. The van der Waals surface area contributed by atoms with Gasteiger partial charge in [-0.15, -0.1) is 0 Å². The molecule has 0 spiro atoms. The fourth-order valence-electron chi connectivity index (χ4n) is 4.26. The lowest BCUT2D eigenvalue weighted by Gasteiger charge is -2.20. The molecule has 2 aromatic rings. The average Bonchev–Trinajstić information content (AvgIpc) is 3.04. The summed E-state index contributed by atoms with van der Waals surface area (Å²) in [5, 5.41) is 11.1. The van der Waals surface area contributed by atoms with Crippen molar-refractivity contribution in [3.63, 3.8) is 0 Å². The van der Waals surface area contributed by atoms with E-state index in [0.29, 0.717) is 11.8 Å². The summed E-state index contributed by atoms with van der Waals surface area (Å²) in [6.45, 7) is 6.47. The van der Waals surface area contributed by atoms with Gasteiger partial charge in [0.25, 0.3) is 0 Å². The summed E-state index contributed by atoms with van der Waals surface area (Å²) in [6.07, 6.45) is 2.92. The van der Waals surface area contributed by atoms with E-state index in [1.807, 2.05) is 0 Å². The number of pyridine rings is 1. The molecule has 2 aliphatic rings. The Hall–Kier alpha value is -1.61. The first-order valence-corrected chi connectivity index (χ1v) is 8.47. The molecule has 22 heavy (non-hydrogen) atoms. The predicted octanol–water partition coefficient (Wildman–Crippen LogP) is 3.31. The van der Waals surface area contributed by atoms with Crippen LogP contribution in [0, 0.1) is 18.8 Å². The maximum absolute atomic E-state index is 9.79. The third kappa shape index (κ3) is 2.28. The van der Waals surface area contributed by atoms with E-state index in [1.54, 1.807) is 0 Å². The van der Waals surface area contributed by atoms with Crippen LogP contribution in [0.25, 0.3) is 10.9 Å². The number of aryl methyl sites for hydroxylation is 2. The second kappa shape index (κ2) is 5.24. The van der Waals surface area contributed by atoms with Crippen molar-refractivity contribution in [3.05, 3.63) is 35.4 Å². The highest BCUT2D eigenvalue weighted by molar-refractivity contribution is 5.84. The van der Waals surface area contributed by atoms with Crippen LogP contribution in [0.5, 0.6) is 0 Å². The number of hydrogen-bond acceptors (Lipinski definition) is 3. The summed E-state index contributed by atoms with van der Waals surface area (Å²) in [5.41, 5.74) is 3.78. The van der Waals surface area contributed by atoms with Crippen LogP contribution in [0.2, 0.25) is 0 Å². The van der Waals surface area contributed by atoms with E-state index in [4.69, 9.17) is 4.98 Å². The van der Waals surface area contributed by atoms with Crippen LogP contribution < -0.4 is 4.90 Å². The number of aliphatic hydroxyl groups excluding tert-OH is 1. The number of aliphatic hydroxyl groups is 1. The Morgan fingerprint density at radius 2 is 1.91 bits per heavy atom. The third-order valence-electron chi connectivity index (χ3n) is 5.52. The topological polar surface area (TPSA) is 36.4 Å². The Bertz CT molecular complexity index is 698. The molecule has 2 fully saturated rings. The van der Waals surface area contributed by atoms with Gasteiger partial charge in [-0.3, -0.25) is 0 Å². The number of aromatic nitrogens is 1. The molecule has 1 saturated carbocycles. The van der Waals surface area contributed by atoms with Crippen molar-refractivity contribution in [1.29, 1.82) is 0 Å². The van der Waals surface area contributed by atoms with E-state index < -0.39 is 0 Å². The minimum absolute atomic E-state index is 0.0732. The van der Waals surface area contributed by atoms with E-state index in [9.17, 15) is 5.11 Å². The fraction of sp³-hybridized carbons (Fsp3) is 0.526. The van der Waals surface area contributed by atoms with Crippen LogP contribution in [0.15, 0.2) is 24.3 Å². The smallest absolute Gasteiger partial charge is 0.129 e. The van der Waals surface area contributed by atoms with Gasteiger partial charge < -0.3 is 10.0 Å². The first-order chi connectivity index (χ1) is 10.6. The van der Waals surface area contributed by atoms with E-state index in [2.05, 4.69) is 43.0 Å². The van der Waals surface area contributed by atoms with E-state index in [-0.39, 0.29) is 6.10 Å². The monoisotopic (exact) mass is 296 g/mol. The van der Waals surface area contributed by atoms with Gasteiger partial charge in [0.2, 0.25) is 0 Å². The molecule has 1 aliphatic carbocycles. The number of fused-ring (bicyclic) bond motifs is 2. The lowest BCUT2D eigenvalue weighted by atomic mass is 10.0. The molecule has 2 heterocycles. The standard InChI is InChI=1S/C19H24N2O/c1-3-13-4-5-18-17(7-13)12(2)6-19(20-18)21-10-14-8-16(22)9-15(14)11-21/h4-7,14-16,22H,3,8-11H2,1-2H3/t14-,15+,16?. The highest BCUT2D eigenvalue weighted by Gasteiger charge is 2.40. The van der Waals surface area contributed by atoms with E-state index >= 15 is 0 Å². The van der Waals surface area contributed by atoms with Crippen molar-refractivity contribution >= 4 is 16.7 Å². The molecule has 3 heteroatoms. The Labute approximate surface area is 132 Å². The zero-order valence-electron chi connectivity index (χ0n) is 13.4. The minimum atomic E-state index is -0.0732. The molecule has 3 atom stereocenters. The zero-order chi connectivity index (χ0) is 15.3. The van der Waals surface area contributed by atoms with Crippen LogP contribution >= 0.6 is 0 Å². The molecule has 0 bridgehead atoms. The molecule has 1 aromatic carbocycles. The van der Waals surface area contributed by atoms with Gasteiger partial charge in [0.15, 0.2) is 0 Å². The van der Waals surface area contributed by atoms with E-state index in [0.717, 1.165) is 43.7 Å². The minimum Gasteiger partial charge on any atom is -0.393 e. The average molecular weight is 296 g/mol. The predicted molar refractivity (Wildman–Crippen MR) is 90.3 cm³/mol. The van der Waals surface area contributed by atoms with Crippen molar-refractivity contribution in [2.24, 2.45) is 11.8 Å². The Morgan fingerprint density at radius 3 is 2.59 bits per heavy atom. The second-order valence-corrected chi connectivity index (χ2v) is 7.05. The second-order valence-electron chi connectivity index (χ2n) is 7.05. The van der Waals surface area contributed by atoms with Crippen molar-refractivity contribution in [1.82, 2.24) is 4.98 Å². The number of rotatable bonds is 2. The van der Waals surface area contributed by atoms with Crippen LogP contribution in [-0.4, -0.2) is 29.3 Å². The van der Waals surface area contributed by atoms with E-state index in [1.165, 1.54) is 16.5 Å². The Balaban J connectivity index is 1.66. The molecule has 0 radical (unpaired) electrons. The van der Waals surface area contributed by atoms with Crippen molar-refractivity contribution in [2.75, 3.05) is 18.0 Å². The summed E-state index contributed by atoms with van der Waals surface area (Å²) in [5.74, 6) is 2.41. The normalized spacial score (nSPS) is 27.6. The summed E-state index contributed by atoms with van der Waals surface area (Å²) < 4.78 is 0. The largest absolute Gasteiger partial charge is 0.393 e. The zero-order valence-corrected chi connectivity index (χ0v) is 13.4. The summed E-state index contributed by atoms with van der Waals surface area (Å²) in [6, 6.07) is 8.86. The first kappa shape index (κ1) is 14.0. The molecule has 1 saturated heterocycles. The Morgan fingerprint density at radius 1 is 1.18 bits per heavy atom. The molecule has 1 aliphatic heterocycles. The van der Waals surface area contributed by atoms with Gasteiger partial charge in [-0.25, -0.2) is 4.98 Å². The highest BCUT2D eigenvalue weighted by Crippen LogP contribution is 2.39. The first-order valence-electron chi connectivity index (χ1n) is 8.47. The van der Waals surface area contributed by atoms with Crippen molar-refractivity contribution in [2.45, 2.75) is 39.2 Å². The van der Waals surface area contributed by atoms with Crippen LogP contribution in [0.3, 0.4) is 0 Å². The maximum atomic E-state index is 9.79. The lowest BCUT2D eigenvalue weighted by molar-refractivity contribution is 0.174. The molecular formula is C19H24N2O. The van der Waals surface area contributed by atoms with Gasteiger partial charge >= 0.3 is 0 Å². The lowest BCUT2D eigenvalue weighted by Crippen LogP contribution is -2.23. The summed E-state index contributed by atoms with van der Waals surface area (Å²) in [4.78, 5) is 7.32. The van der Waals surface area contributed by atoms with Gasteiger partial charge in [-0.05, 0) is 67.3 Å². The molecular weight excluding hydrogens is 272 g/mol. The molecule has 0 amide bonds. The van der Waals surface area contributed by atoms with Gasteiger partial charge in [0.05, 0.1) is 11.6 Å². The van der Waals surface area contributed by atoms with Gasteiger partial charge in [0, 0.05) is 18.5 Å². The van der Waals surface area contributed by atoms with Crippen LogP contribution in [0.4, 0.5) is 5.82 Å². The SMILES string of the molecule is CCc1ccc2nc(N3C[C@H]4CC(O)C[C@H]4C3)cc(C)c2c1. The third-order valence-corrected chi connectivity index (χ3v) is 5.52. The van der Waals surface area contributed by atoms with Crippen molar-refractivity contribution in [3.8, 4) is 0 Å². The molecule has 1 N–H and O–H groups in total.